The van der Waals surface area contributed by atoms with Crippen LogP contribution < -0.4 is 5.32 Å². The number of amides is 2. The van der Waals surface area contributed by atoms with E-state index in [9.17, 15) is 9.59 Å². The van der Waals surface area contributed by atoms with Gasteiger partial charge >= 0.3 is 0 Å². The highest BCUT2D eigenvalue weighted by atomic mass is 32.1. The normalized spacial score (nSPS) is 22.7. The van der Waals surface area contributed by atoms with Gasteiger partial charge in [0.1, 0.15) is 11.2 Å². The van der Waals surface area contributed by atoms with Gasteiger partial charge in [-0.2, -0.15) is 0 Å². The van der Waals surface area contributed by atoms with E-state index in [4.69, 9.17) is 0 Å². The van der Waals surface area contributed by atoms with Gasteiger partial charge < -0.3 is 14.8 Å². The van der Waals surface area contributed by atoms with Crippen LogP contribution in [0, 0.1) is 0 Å². The Balaban J connectivity index is 1.49. The van der Waals surface area contributed by atoms with E-state index in [1.807, 2.05) is 36.1 Å². The molecular weight excluding hydrogens is 430 g/mol. The summed E-state index contributed by atoms with van der Waals surface area (Å²) in [5, 5.41) is 5.40. The Hall–Kier alpha value is -2.60. The molecule has 3 aromatic rings. The van der Waals surface area contributed by atoms with Crippen LogP contribution in [0.2, 0.25) is 0 Å². The van der Waals surface area contributed by atoms with Crippen molar-refractivity contribution in [1.82, 2.24) is 14.8 Å². The number of hydrogen-bond acceptors (Lipinski definition) is 3. The van der Waals surface area contributed by atoms with Gasteiger partial charge in [0, 0.05) is 12.6 Å². The second kappa shape index (κ2) is 8.98. The first-order valence-electron chi connectivity index (χ1n) is 12.2. The molecule has 1 N–H and O–H groups in total. The number of nitrogens with zero attached hydrogens (tertiary/aromatic N) is 2. The van der Waals surface area contributed by atoms with Crippen LogP contribution in [0.5, 0.6) is 0 Å². The van der Waals surface area contributed by atoms with E-state index >= 15 is 0 Å². The second-order valence-corrected chi connectivity index (χ2v) is 10.9. The molecule has 6 heteroatoms. The first-order valence-corrected chi connectivity index (χ1v) is 13.1. The van der Waals surface area contributed by atoms with Gasteiger partial charge in [-0.15, -0.1) is 11.3 Å². The lowest BCUT2D eigenvalue weighted by atomic mass is 9.91. The molecule has 174 valence electrons. The van der Waals surface area contributed by atoms with Gasteiger partial charge in [0.2, 0.25) is 5.91 Å². The van der Waals surface area contributed by atoms with Crippen molar-refractivity contribution in [3.8, 4) is 0 Å². The summed E-state index contributed by atoms with van der Waals surface area (Å²) in [4.78, 5) is 29.6. The minimum absolute atomic E-state index is 0.0225. The number of rotatable bonds is 5. The van der Waals surface area contributed by atoms with Gasteiger partial charge in [0.05, 0.1) is 16.8 Å². The molecule has 5 rings (SSSR count). The van der Waals surface area contributed by atoms with Crippen LogP contribution in [-0.4, -0.2) is 39.4 Å². The molecule has 33 heavy (non-hydrogen) atoms. The minimum Gasteiger partial charge on any atom is -0.351 e. The highest BCUT2D eigenvalue weighted by molar-refractivity contribution is 7.17. The molecule has 3 heterocycles. The summed E-state index contributed by atoms with van der Waals surface area (Å²) >= 11 is 1.64. The summed E-state index contributed by atoms with van der Waals surface area (Å²) in [5.74, 6) is 0.0551. The lowest BCUT2D eigenvalue weighted by Gasteiger charge is -2.45. The molecule has 5 nitrogen and oxygen atoms in total. The average molecular weight is 464 g/mol. The minimum atomic E-state index is -0.937. The first-order chi connectivity index (χ1) is 16.0. The van der Waals surface area contributed by atoms with Gasteiger partial charge in [0.15, 0.2) is 0 Å². The molecule has 1 aliphatic carbocycles. The number of carbonyl (C=O) groups is 2. The van der Waals surface area contributed by atoms with Crippen LogP contribution in [0.1, 0.15) is 74.3 Å². The summed E-state index contributed by atoms with van der Waals surface area (Å²) in [6, 6.07) is 14.5. The fraction of sp³-hybridized carbons (Fsp3) is 0.481. The van der Waals surface area contributed by atoms with Crippen molar-refractivity contribution in [1.29, 1.82) is 0 Å². The zero-order valence-electron chi connectivity index (χ0n) is 19.5. The Kier molecular flexibility index (Phi) is 6.04. The van der Waals surface area contributed by atoms with Crippen molar-refractivity contribution in [2.45, 2.75) is 76.4 Å². The van der Waals surface area contributed by atoms with Crippen molar-refractivity contribution >= 4 is 33.4 Å². The van der Waals surface area contributed by atoms with Crippen molar-refractivity contribution in [3.63, 3.8) is 0 Å². The molecule has 0 unspecified atom stereocenters. The molecular formula is C27H33N3O2S. The standard InChI is InChI=1S/C27H33N3O2S/c1-19(20-10-6-5-7-11-20)17-30-25(31)23-16-24-22(14-15-33-24)29(23)18-27(30,2)26(32)28-21-12-8-3-4-9-13-21/h5-7,10-11,14-16,19,21H,3-4,8-9,12-13,17-18H2,1-2H3,(H,28,32)/t19-,27-/m1/s1. The monoisotopic (exact) mass is 463 g/mol. The number of benzene rings is 1. The number of hydrogen-bond donors (Lipinski definition) is 1. The Labute approximate surface area is 199 Å². The van der Waals surface area contributed by atoms with E-state index in [2.05, 4.69) is 40.4 Å². The molecule has 2 aliphatic rings. The van der Waals surface area contributed by atoms with Crippen LogP contribution in [0.3, 0.4) is 0 Å². The van der Waals surface area contributed by atoms with Gasteiger partial charge in [-0.25, -0.2) is 0 Å². The van der Waals surface area contributed by atoms with E-state index < -0.39 is 5.54 Å². The lowest BCUT2D eigenvalue weighted by molar-refractivity contribution is -0.133. The molecule has 1 aromatic carbocycles. The smallest absolute Gasteiger partial charge is 0.271 e. The van der Waals surface area contributed by atoms with Crippen LogP contribution in [0.4, 0.5) is 0 Å². The van der Waals surface area contributed by atoms with Gasteiger partial charge in [0.25, 0.3) is 5.91 Å². The molecule has 1 fully saturated rings. The molecule has 2 aromatic heterocycles. The molecule has 2 amide bonds. The summed E-state index contributed by atoms with van der Waals surface area (Å²) in [5.41, 5.74) is 1.98. The van der Waals surface area contributed by atoms with Crippen molar-refractivity contribution < 1.29 is 9.59 Å². The van der Waals surface area contributed by atoms with Gasteiger partial charge in [-0.05, 0) is 48.8 Å². The SMILES string of the molecule is C[C@H](CN1C(=O)c2cc3sccc3n2C[C@]1(C)C(=O)NC1CCCCCC1)c1ccccc1. The predicted molar refractivity (Wildman–Crippen MR) is 134 cm³/mol. The number of thiophene rings is 1. The van der Waals surface area contributed by atoms with E-state index in [0.717, 1.165) is 35.9 Å². The zero-order valence-corrected chi connectivity index (χ0v) is 20.4. The Morgan fingerprint density at radius 1 is 1.15 bits per heavy atom. The topological polar surface area (TPSA) is 54.3 Å². The first kappa shape index (κ1) is 22.2. The lowest BCUT2D eigenvalue weighted by Crippen LogP contribution is -2.65. The van der Waals surface area contributed by atoms with Crippen molar-refractivity contribution in [2.24, 2.45) is 0 Å². The predicted octanol–water partition coefficient (Wildman–Crippen LogP) is 5.56. The Morgan fingerprint density at radius 2 is 1.88 bits per heavy atom. The maximum Gasteiger partial charge on any atom is 0.271 e. The number of aromatic nitrogens is 1. The van der Waals surface area contributed by atoms with Crippen LogP contribution in [-0.2, 0) is 11.3 Å². The van der Waals surface area contributed by atoms with E-state index in [0.29, 0.717) is 18.8 Å². The van der Waals surface area contributed by atoms with Crippen LogP contribution >= 0.6 is 11.3 Å². The van der Waals surface area contributed by atoms with E-state index in [-0.39, 0.29) is 23.8 Å². The van der Waals surface area contributed by atoms with Gasteiger partial charge in [-0.3, -0.25) is 9.59 Å². The quantitative estimate of drug-likeness (QED) is 0.504. The van der Waals surface area contributed by atoms with Gasteiger partial charge in [-0.1, -0.05) is 62.9 Å². The number of nitrogens with one attached hydrogen (secondary N) is 1. The molecule has 1 aliphatic heterocycles. The third-order valence-electron chi connectivity index (χ3n) is 7.55. The van der Waals surface area contributed by atoms with Crippen LogP contribution in [0.15, 0.2) is 47.8 Å². The largest absolute Gasteiger partial charge is 0.351 e. The third kappa shape index (κ3) is 4.10. The van der Waals surface area contributed by atoms with E-state index in [1.54, 1.807) is 11.3 Å². The molecule has 1 saturated carbocycles. The average Bonchev–Trinajstić information content (AvgIpc) is 3.31. The Morgan fingerprint density at radius 3 is 2.61 bits per heavy atom. The highest BCUT2D eigenvalue weighted by Crippen LogP contribution is 2.36. The summed E-state index contributed by atoms with van der Waals surface area (Å²) in [6.07, 6.45) is 6.86. The molecule has 0 spiro atoms. The molecule has 2 atom stereocenters. The molecule has 0 saturated heterocycles. The molecule has 0 radical (unpaired) electrons. The third-order valence-corrected chi connectivity index (χ3v) is 8.41. The van der Waals surface area contributed by atoms with Crippen LogP contribution in [0.25, 0.3) is 10.2 Å². The Bertz CT molecular complexity index is 1140. The number of carbonyl (C=O) groups excluding carboxylic acids is 2. The zero-order chi connectivity index (χ0) is 23.0. The highest BCUT2D eigenvalue weighted by Gasteiger charge is 2.48. The maximum absolute atomic E-state index is 13.9. The number of fused-ring (bicyclic) bond motifs is 3. The summed E-state index contributed by atoms with van der Waals surface area (Å²) in [6.45, 7) is 5.08. The molecule has 0 bridgehead atoms. The fourth-order valence-corrected chi connectivity index (χ4v) is 6.31. The van der Waals surface area contributed by atoms with Crippen molar-refractivity contribution in [3.05, 3.63) is 59.1 Å². The summed E-state index contributed by atoms with van der Waals surface area (Å²) < 4.78 is 3.16. The summed E-state index contributed by atoms with van der Waals surface area (Å²) in [7, 11) is 0. The maximum atomic E-state index is 13.9. The van der Waals surface area contributed by atoms with E-state index in [1.165, 1.54) is 18.4 Å². The van der Waals surface area contributed by atoms with Crippen molar-refractivity contribution in [2.75, 3.05) is 6.54 Å². The second-order valence-electron chi connectivity index (χ2n) is 9.95. The fourth-order valence-electron chi connectivity index (χ4n) is 5.48.